The van der Waals surface area contributed by atoms with Crippen LogP contribution < -0.4 is 10.4 Å². The van der Waals surface area contributed by atoms with Gasteiger partial charge in [-0.1, -0.05) is 144 Å². The Morgan fingerprint density at radius 1 is 0.543 bits per heavy atom. The van der Waals surface area contributed by atoms with Gasteiger partial charge in [0.1, 0.15) is 0 Å². The summed E-state index contributed by atoms with van der Waals surface area (Å²) in [6.45, 7) is 11.7. The number of fused-ring (bicyclic) bond motifs is 9. The summed E-state index contributed by atoms with van der Waals surface area (Å²) < 4.78 is 0. The second-order valence-electron chi connectivity index (χ2n) is 14.4. The third kappa shape index (κ3) is 3.78. The molecule has 3 aliphatic rings. The smallest absolute Gasteiger partial charge is 0.0784 e. The number of allylic oxidation sites excluding steroid dienone is 2. The average Bonchev–Trinajstić information content (AvgIpc) is 3.34. The molecule has 222 valence electrons. The Morgan fingerprint density at radius 3 is 1.78 bits per heavy atom. The number of nitrogens with zero attached hydrogens (tertiary/aromatic N) is 1. The molecule has 0 N–H and O–H groups in total. The zero-order chi connectivity index (χ0) is 31.4. The molecule has 3 aliphatic carbocycles. The zero-order valence-corrected chi connectivity index (χ0v) is 27.1. The molecule has 1 unspecified atom stereocenters. The first-order chi connectivity index (χ1) is 22.2. The minimum absolute atomic E-state index is 0.0149. The van der Waals surface area contributed by atoms with Crippen LogP contribution in [-0.2, 0) is 10.8 Å². The monoisotopic (exact) mass is 591 g/mol. The van der Waals surface area contributed by atoms with Crippen molar-refractivity contribution in [1.82, 2.24) is 4.98 Å². The summed E-state index contributed by atoms with van der Waals surface area (Å²) in [5.41, 5.74) is 16.9. The first-order valence-electron chi connectivity index (χ1n) is 16.5. The molecule has 1 atom stereocenters. The predicted octanol–water partition coefficient (Wildman–Crippen LogP) is 9.81. The summed E-state index contributed by atoms with van der Waals surface area (Å²) in [6, 6.07) is 40.6. The Hall–Kier alpha value is -5.01. The molecular weight excluding hydrogens is 555 g/mol. The number of benzene rings is 5. The molecule has 5 aromatic carbocycles. The summed E-state index contributed by atoms with van der Waals surface area (Å²) >= 11 is 0. The van der Waals surface area contributed by atoms with Crippen molar-refractivity contribution in [3.63, 3.8) is 0 Å². The number of hydrogen-bond donors (Lipinski definition) is 0. The van der Waals surface area contributed by atoms with Crippen LogP contribution in [0.1, 0.15) is 62.4 Å². The quantitative estimate of drug-likeness (QED) is 0.195. The van der Waals surface area contributed by atoms with Gasteiger partial charge in [-0.05, 0) is 79.1 Å². The van der Waals surface area contributed by atoms with Crippen molar-refractivity contribution in [3.8, 4) is 33.5 Å². The molecule has 1 aromatic heterocycles. The largest absolute Gasteiger partial charge is 0.247 e. The van der Waals surface area contributed by atoms with E-state index in [9.17, 15) is 0 Å². The van der Waals surface area contributed by atoms with Crippen LogP contribution in [0.3, 0.4) is 0 Å². The van der Waals surface area contributed by atoms with Gasteiger partial charge < -0.3 is 0 Å². The van der Waals surface area contributed by atoms with Crippen LogP contribution in [0.25, 0.3) is 62.1 Å². The second-order valence-corrected chi connectivity index (χ2v) is 14.4. The Balaban J connectivity index is 1.13. The van der Waals surface area contributed by atoms with Crippen LogP contribution in [0.2, 0.25) is 0 Å². The highest BCUT2D eigenvalue weighted by Gasteiger charge is 2.36. The van der Waals surface area contributed by atoms with Crippen molar-refractivity contribution >= 4 is 28.6 Å². The SMILES string of the molecule is CC1C=c2c(ccc3ccc(-c4ccc5c(c4)C(C)(C)c4ccccc4-5)nc23)=CC=C1c1ccc2c(c1)C(C)(C)c1ccccc1-2. The van der Waals surface area contributed by atoms with Gasteiger partial charge in [-0.3, -0.25) is 0 Å². The van der Waals surface area contributed by atoms with Crippen molar-refractivity contribution in [3.05, 3.63) is 154 Å². The van der Waals surface area contributed by atoms with E-state index in [-0.39, 0.29) is 16.7 Å². The summed E-state index contributed by atoms with van der Waals surface area (Å²) in [5, 5.41) is 3.62. The fourth-order valence-electron chi connectivity index (χ4n) is 8.49. The average molecular weight is 592 g/mol. The van der Waals surface area contributed by atoms with Gasteiger partial charge in [-0.2, -0.15) is 0 Å². The molecule has 6 aromatic rings. The van der Waals surface area contributed by atoms with E-state index in [4.69, 9.17) is 4.98 Å². The molecule has 0 amide bonds. The molecule has 0 saturated heterocycles. The fourth-order valence-corrected chi connectivity index (χ4v) is 8.49. The van der Waals surface area contributed by atoms with E-state index in [0.29, 0.717) is 0 Å². The summed E-state index contributed by atoms with van der Waals surface area (Å²) in [6.07, 6.45) is 7.06. The maximum absolute atomic E-state index is 5.37. The molecule has 1 heteroatoms. The lowest BCUT2D eigenvalue weighted by atomic mass is 9.81. The Labute approximate surface area is 271 Å². The van der Waals surface area contributed by atoms with E-state index in [1.54, 1.807) is 0 Å². The van der Waals surface area contributed by atoms with Crippen molar-refractivity contribution in [1.29, 1.82) is 0 Å². The topological polar surface area (TPSA) is 12.9 Å². The van der Waals surface area contributed by atoms with Crippen LogP contribution in [0.4, 0.5) is 0 Å². The third-order valence-electron chi connectivity index (χ3n) is 11.1. The minimum atomic E-state index is -0.0360. The molecule has 9 rings (SSSR count). The normalized spacial score (nSPS) is 17.8. The van der Waals surface area contributed by atoms with Crippen LogP contribution in [-0.4, -0.2) is 4.98 Å². The number of rotatable bonds is 2. The number of hydrogen-bond acceptors (Lipinski definition) is 1. The van der Waals surface area contributed by atoms with Crippen molar-refractivity contribution in [2.24, 2.45) is 5.92 Å². The van der Waals surface area contributed by atoms with E-state index in [0.717, 1.165) is 11.2 Å². The first kappa shape index (κ1) is 27.3. The van der Waals surface area contributed by atoms with Gasteiger partial charge in [-0.15, -0.1) is 0 Å². The van der Waals surface area contributed by atoms with E-state index < -0.39 is 0 Å². The maximum atomic E-state index is 5.37. The van der Waals surface area contributed by atoms with Crippen LogP contribution in [0.5, 0.6) is 0 Å². The van der Waals surface area contributed by atoms with E-state index in [2.05, 4.69) is 162 Å². The second kappa shape index (κ2) is 9.50. The molecule has 0 spiro atoms. The third-order valence-corrected chi connectivity index (χ3v) is 11.1. The van der Waals surface area contributed by atoms with Gasteiger partial charge >= 0.3 is 0 Å². The Bertz CT molecular complexity index is 2430. The molecule has 0 aliphatic heterocycles. The lowest BCUT2D eigenvalue weighted by Gasteiger charge is -2.22. The lowest BCUT2D eigenvalue weighted by molar-refractivity contribution is 0.660. The standard InChI is InChI=1S/C45H37N/c1-27-24-37-28(16-20-32(27)30-17-21-35-33-10-6-8-12-38(33)44(2,3)40(35)25-30)14-15-29-19-23-42(46-43(29)37)31-18-22-36-34-11-7-9-13-39(34)45(4,5)41(36)26-31/h6-27H,1-5H3. The van der Waals surface area contributed by atoms with E-state index in [1.807, 2.05) is 0 Å². The van der Waals surface area contributed by atoms with Gasteiger partial charge in [0.2, 0.25) is 0 Å². The van der Waals surface area contributed by atoms with Crippen LogP contribution in [0.15, 0.2) is 115 Å². The lowest BCUT2D eigenvalue weighted by Crippen LogP contribution is -2.26. The fraction of sp³-hybridized carbons (Fsp3) is 0.178. The summed E-state index contributed by atoms with van der Waals surface area (Å²) in [7, 11) is 0. The van der Waals surface area contributed by atoms with Gasteiger partial charge in [-0.25, -0.2) is 4.98 Å². The minimum Gasteiger partial charge on any atom is -0.247 e. The molecule has 0 radical (unpaired) electrons. The molecule has 0 fully saturated rings. The van der Waals surface area contributed by atoms with Gasteiger partial charge in [0.05, 0.1) is 11.2 Å². The molecule has 1 heterocycles. The Kier molecular flexibility index (Phi) is 5.64. The molecule has 1 nitrogen and oxygen atoms in total. The van der Waals surface area contributed by atoms with Crippen molar-refractivity contribution in [2.75, 3.05) is 0 Å². The van der Waals surface area contributed by atoms with Crippen molar-refractivity contribution < 1.29 is 0 Å². The predicted molar refractivity (Wildman–Crippen MR) is 194 cm³/mol. The van der Waals surface area contributed by atoms with E-state index in [1.165, 1.54) is 77.0 Å². The number of aromatic nitrogens is 1. The van der Waals surface area contributed by atoms with Crippen LogP contribution in [0, 0.1) is 5.92 Å². The summed E-state index contributed by atoms with van der Waals surface area (Å²) in [5.74, 6) is 0.234. The van der Waals surface area contributed by atoms with Gasteiger partial charge in [0.25, 0.3) is 0 Å². The van der Waals surface area contributed by atoms with Crippen LogP contribution >= 0.6 is 0 Å². The molecule has 46 heavy (non-hydrogen) atoms. The maximum Gasteiger partial charge on any atom is 0.0784 e. The number of pyridine rings is 1. The summed E-state index contributed by atoms with van der Waals surface area (Å²) in [4.78, 5) is 5.37. The Morgan fingerprint density at radius 2 is 1.11 bits per heavy atom. The zero-order valence-electron chi connectivity index (χ0n) is 27.1. The molecule has 0 bridgehead atoms. The highest BCUT2D eigenvalue weighted by molar-refractivity contribution is 5.89. The molecule has 0 saturated carbocycles. The van der Waals surface area contributed by atoms with Gasteiger partial charge in [0, 0.05) is 32.9 Å². The highest BCUT2D eigenvalue weighted by Crippen LogP contribution is 2.50. The van der Waals surface area contributed by atoms with E-state index >= 15 is 0 Å². The first-order valence-corrected chi connectivity index (χ1v) is 16.5. The highest BCUT2D eigenvalue weighted by atomic mass is 14.7. The van der Waals surface area contributed by atoms with Gasteiger partial charge in [0.15, 0.2) is 0 Å². The van der Waals surface area contributed by atoms with Crippen molar-refractivity contribution in [2.45, 2.75) is 45.4 Å². The molecular formula is C45H37N.